The number of aliphatic hydroxyl groups is 1. The minimum atomic E-state index is -0.889. The second-order valence-electron chi connectivity index (χ2n) is 11.3. The van der Waals surface area contributed by atoms with E-state index in [1.807, 2.05) is 18.0 Å². The van der Waals surface area contributed by atoms with Crippen LogP contribution >= 0.6 is 0 Å². The van der Waals surface area contributed by atoms with Gasteiger partial charge in [0.15, 0.2) is 11.5 Å². The molecule has 33 heavy (non-hydrogen) atoms. The van der Waals surface area contributed by atoms with E-state index >= 15 is 0 Å². The van der Waals surface area contributed by atoms with Crippen LogP contribution in [0.5, 0.6) is 11.5 Å². The van der Waals surface area contributed by atoms with Gasteiger partial charge < -0.3 is 19.8 Å². The van der Waals surface area contributed by atoms with Crippen LogP contribution in [0, 0.1) is 6.92 Å². The fourth-order valence-corrected chi connectivity index (χ4v) is 7.95. The number of aromatic hydroxyl groups is 1. The van der Waals surface area contributed by atoms with Crippen LogP contribution in [0.15, 0.2) is 6.07 Å². The van der Waals surface area contributed by atoms with E-state index in [-0.39, 0.29) is 29.8 Å². The Hall–Kier alpha value is -1.79. The number of amides is 1. The highest BCUT2D eigenvalue weighted by Crippen LogP contribution is 2.66. The van der Waals surface area contributed by atoms with Gasteiger partial charge in [0.2, 0.25) is 5.91 Å². The molecule has 6 nitrogen and oxygen atoms in total. The van der Waals surface area contributed by atoms with Gasteiger partial charge in [0.1, 0.15) is 6.10 Å². The molecule has 2 bridgehead atoms. The van der Waals surface area contributed by atoms with E-state index in [2.05, 4.69) is 18.7 Å². The summed E-state index contributed by atoms with van der Waals surface area (Å²) in [7, 11) is 1.91. The smallest absolute Gasteiger partial charge is 0.222 e. The molecule has 6 rings (SSSR count). The van der Waals surface area contributed by atoms with E-state index in [0.717, 1.165) is 56.2 Å². The van der Waals surface area contributed by atoms with Crippen molar-refractivity contribution in [3.63, 3.8) is 0 Å². The molecule has 5 atom stereocenters. The number of nitrogens with zero attached hydrogens (tertiary/aromatic N) is 2. The van der Waals surface area contributed by atoms with Gasteiger partial charge in [-0.2, -0.15) is 0 Å². The van der Waals surface area contributed by atoms with Gasteiger partial charge in [0.05, 0.1) is 17.1 Å². The predicted octanol–water partition coefficient (Wildman–Crippen LogP) is 3.42. The minimum absolute atomic E-state index is 0.0815. The highest BCUT2D eigenvalue weighted by Gasteiger charge is 2.74. The summed E-state index contributed by atoms with van der Waals surface area (Å²) in [6.07, 6.45) is 8.81. The van der Waals surface area contributed by atoms with Crippen LogP contribution in [0.2, 0.25) is 0 Å². The number of likely N-dealkylation sites (tertiary alicyclic amines) is 1. The third-order valence-corrected chi connectivity index (χ3v) is 9.72. The lowest BCUT2D eigenvalue weighted by atomic mass is 9.48. The molecule has 1 amide bonds. The second kappa shape index (κ2) is 7.35. The molecule has 0 unspecified atom stereocenters. The van der Waals surface area contributed by atoms with Gasteiger partial charge in [-0.25, -0.2) is 0 Å². The molecule has 2 saturated carbocycles. The van der Waals surface area contributed by atoms with Crippen LogP contribution in [-0.2, 0) is 16.6 Å². The summed E-state index contributed by atoms with van der Waals surface area (Å²) in [6.45, 7) is 5.18. The quantitative estimate of drug-likeness (QED) is 0.645. The van der Waals surface area contributed by atoms with E-state index in [1.54, 1.807) is 0 Å². The van der Waals surface area contributed by atoms with Crippen molar-refractivity contribution in [2.24, 2.45) is 0 Å². The Morgan fingerprint density at radius 1 is 1.27 bits per heavy atom. The number of carbonyl (C=O) groups excluding carboxylic acids is 1. The number of hydrogen-bond donors (Lipinski definition) is 2. The average Bonchev–Trinajstić information content (AvgIpc) is 3.55. The Bertz CT molecular complexity index is 991. The summed E-state index contributed by atoms with van der Waals surface area (Å²) in [4.78, 5) is 17.6. The second-order valence-corrected chi connectivity index (χ2v) is 11.3. The van der Waals surface area contributed by atoms with E-state index in [4.69, 9.17) is 4.74 Å². The minimum Gasteiger partial charge on any atom is -0.504 e. The van der Waals surface area contributed by atoms with Crippen molar-refractivity contribution in [3.05, 3.63) is 22.8 Å². The van der Waals surface area contributed by atoms with Gasteiger partial charge in [-0.3, -0.25) is 9.69 Å². The topological polar surface area (TPSA) is 73.2 Å². The number of hydrogen-bond acceptors (Lipinski definition) is 5. The number of piperidine rings is 1. The molecule has 1 aromatic carbocycles. The van der Waals surface area contributed by atoms with Crippen LogP contribution < -0.4 is 4.74 Å². The summed E-state index contributed by atoms with van der Waals surface area (Å²) in [5, 5.41) is 23.4. The van der Waals surface area contributed by atoms with Gasteiger partial charge in [-0.05, 0) is 75.6 Å². The summed E-state index contributed by atoms with van der Waals surface area (Å²) in [5.74, 6) is 0.908. The molecule has 1 spiro atoms. The standard InChI is InChI=1S/C27H38N2O4/c1-4-5-6-7-22(31)28(3)19-10-11-27(32)21-15-18-16(2)14-20(30)24-23(18)26(27,25(19)33-24)12-13-29(21)17-8-9-17/h14,17,19,21,25,30,32H,4-13,15H2,1-3H3/t19-,21+,25-,26-,27+/m0/s1. The number of phenols is 1. The number of ether oxygens (including phenoxy) is 1. The third kappa shape index (κ3) is 2.77. The molecule has 3 aliphatic carbocycles. The van der Waals surface area contributed by atoms with Gasteiger partial charge in [-0.1, -0.05) is 19.8 Å². The largest absolute Gasteiger partial charge is 0.504 e. The van der Waals surface area contributed by atoms with Crippen molar-refractivity contribution in [2.75, 3.05) is 13.6 Å². The molecule has 0 radical (unpaired) electrons. The van der Waals surface area contributed by atoms with Crippen molar-refractivity contribution in [1.29, 1.82) is 0 Å². The Balaban J connectivity index is 1.44. The lowest BCUT2D eigenvalue weighted by molar-refractivity contribution is -0.201. The maximum Gasteiger partial charge on any atom is 0.222 e. The molecule has 2 aliphatic heterocycles. The number of rotatable bonds is 6. The molecule has 5 aliphatic rings. The van der Waals surface area contributed by atoms with E-state index < -0.39 is 11.0 Å². The lowest BCUT2D eigenvalue weighted by Crippen LogP contribution is -2.78. The molecule has 2 heterocycles. The highest BCUT2D eigenvalue weighted by molar-refractivity contribution is 5.76. The van der Waals surface area contributed by atoms with Crippen molar-refractivity contribution in [2.45, 2.75) is 113 Å². The average molecular weight is 455 g/mol. The van der Waals surface area contributed by atoms with Crippen LogP contribution in [0.25, 0.3) is 0 Å². The number of likely N-dealkylation sites (N-methyl/N-ethyl adjacent to an activating group) is 1. The van der Waals surface area contributed by atoms with Gasteiger partial charge in [0, 0.05) is 31.1 Å². The number of carbonyl (C=O) groups is 1. The Kier molecular flexibility index (Phi) is 4.84. The zero-order valence-corrected chi connectivity index (χ0v) is 20.3. The molecule has 2 N–H and O–H groups in total. The van der Waals surface area contributed by atoms with Crippen molar-refractivity contribution in [1.82, 2.24) is 9.80 Å². The number of aryl methyl sites for hydroxylation is 1. The van der Waals surface area contributed by atoms with Crippen molar-refractivity contribution >= 4 is 5.91 Å². The fourth-order valence-electron chi connectivity index (χ4n) is 7.95. The molecular weight excluding hydrogens is 416 g/mol. The van der Waals surface area contributed by atoms with Crippen molar-refractivity contribution in [3.8, 4) is 11.5 Å². The first kappa shape index (κ1) is 21.7. The Labute approximate surface area is 196 Å². The van der Waals surface area contributed by atoms with Crippen LogP contribution in [0.1, 0.15) is 81.4 Å². The van der Waals surface area contributed by atoms with E-state index in [9.17, 15) is 15.0 Å². The zero-order valence-electron chi connectivity index (χ0n) is 20.3. The maximum absolute atomic E-state index is 13.1. The van der Waals surface area contributed by atoms with Crippen LogP contribution in [-0.4, -0.2) is 69.3 Å². The maximum atomic E-state index is 13.1. The summed E-state index contributed by atoms with van der Waals surface area (Å²) in [6, 6.07) is 2.41. The van der Waals surface area contributed by atoms with Gasteiger partial charge in [0.25, 0.3) is 0 Å². The molecule has 0 aromatic heterocycles. The normalized spacial score (nSPS) is 36.3. The highest BCUT2D eigenvalue weighted by atomic mass is 16.5. The molecule has 1 aromatic rings. The predicted molar refractivity (Wildman–Crippen MR) is 126 cm³/mol. The first-order chi connectivity index (χ1) is 15.8. The Morgan fingerprint density at radius 2 is 2.06 bits per heavy atom. The number of phenolic OH excluding ortho intramolecular Hbond substituents is 1. The van der Waals surface area contributed by atoms with Crippen LogP contribution in [0.4, 0.5) is 0 Å². The summed E-state index contributed by atoms with van der Waals surface area (Å²) in [5.41, 5.74) is 1.94. The third-order valence-electron chi connectivity index (χ3n) is 9.72. The summed E-state index contributed by atoms with van der Waals surface area (Å²) < 4.78 is 6.63. The number of benzene rings is 1. The molecule has 6 heteroatoms. The molecule has 1 saturated heterocycles. The first-order valence-electron chi connectivity index (χ1n) is 13.1. The van der Waals surface area contributed by atoms with Gasteiger partial charge in [-0.15, -0.1) is 0 Å². The van der Waals surface area contributed by atoms with Crippen LogP contribution in [0.3, 0.4) is 0 Å². The summed E-state index contributed by atoms with van der Waals surface area (Å²) >= 11 is 0. The van der Waals surface area contributed by atoms with Gasteiger partial charge >= 0.3 is 0 Å². The van der Waals surface area contributed by atoms with E-state index in [1.165, 1.54) is 18.4 Å². The molecule has 180 valence electrons. The SMILES string of the molecule is CCCCCC(=O)N(C)[C@H]1CC[C@@]2(O)[C@H]3Cc4c(C)cc(O)c5c4[C@@]2(CCN3C2CC2)[C@H]1O5. The number of unbranched alkanes of at least 4 members (excludes halogenated alkanes) is 2. The molecule has 3 fully saturated rings. The first-order valence-corrected chi connectivity index (χ1v) is 13.1. The zero-order chi connectivity index (χ0) is 23.1. The lowest BCUT2D eigenvalue weighted by Gasteiger charge is -2.65. The monoisotopic (exact) mass is 454 g/mol. The fraction of sp³-hybridized carbons (Fsp3) is 0.741. The van der Waals surface area contributed by atoms with Crippen molar-refractivity contribution < 1.29 is 19.7 Å². The van der Waals surface area contributed by atoms with E-state index in [0.29, 0.717) is 24.6 Å². The molecular formula is C27H38N2O4. The Morgan fingerprint density at radius 3 is 2.79 bits per heavy atom.